The van der Waals surface area contributed by atoms with Crippen LogP contribution in [0.5, 0.6) is 0 Å². The largest absolute Gasteiger partial charge is 0.756 e. The molecule has 1 N–H and O–H groups in total. The van der Waals surface area contributed by atoms with E-state index in [1.54, 1.807) is 12.2 Å². The number of allylic oxidation sites excluding steroid dienone is 8. The molecule has 328 valence electrons. The van der Waals surface area contributed by atoms with Gasteiger partial charge in [0, 0.05) is 12.3 Å². The van der Waals surface area contributed by atoms with Crippen LogP contribution >= 0.6 is 7.82 Å². The van der Waals surface area contributed by atoms with Crippen LogP contribution in [0.4, 0.5) is 0 Å². The number of phosphoric ester groups is 1. The second-order valence-corrected chi connectivity index (χ2v) is 17.8. The zero-order valence-corrected chi connectivity index (χ0v) is 37.3. The number of quaternary nitrogens is 1. The highest BCUT2D eigenvalue weighted by molar-refractivity contribution is 7.45. The standard InChI is InChI=1S/C46H80NO9P/c1-6-8-10-11-12-13-14-15-16-17-18-19-20-21-24-28-37-53-43(40-56-57(51,52)55-38-36-47(3,4)5)39-54-46(50)31-27-23-22-26-29-41-32-35-45(49)44(41)34-33-42(48)30-25-9-7-2/h13-14,22,26,28,32-35,37,41-44,48H,6-12,15-21,23-25,27,29-31,36,38-40H2,1-5H3/b14-13-,26-22-,34-33+,37-28+/t41-,42-,43+,44+/m0/s1. The van der Waals surface area contributed by atoms with Crippen molar-refractivity contribution in [1.29, 1.82) is 0 Å². The molecule has 0 aromatic heterocycles. The van der Waals surface area contributed by atoms with Crippen LogP contribution in [0, 0.1) is 11.8 Å². The first-order valence-electron chi connectivity index (χ1n) is 22.1. The van der Waals surface area contributed by atoms with Gasteiger partial charge in [0.1, 0.15) is 19.8 Å². The van der Waals surface area contributed by atoms with Crippen molar-refractivity contribution in [3.05, 3.63) is 60.9 Å². The van der Waals surface area contributed by atoms with Gasteiger partial charge in [-0.15, -0.1) is 0 Å². The van der Waals surface area contributed by atoms with Gasteiger partial charge in [-0.1, -0.05) is 121 Å². The number of aliphatic hydroxyl groups excluding tert-OH is 1. The van der Waals surface area contributed by atoms with Crippen LogP contribution in [0.2, 0.25) is 0 Å². The van der Waals surface area contributed by atoms with Gasteiger partial charge in [0.15, 0.2) is 11.9 Å². The Bertz CT molecular complexity index is 1240. The molecule has 5 atom stereocenters. The molecule has 0 amide bonds. The van der Waals surface area contributed by atoms with Gasteiger partial charge < -0.3 is 33.0 Å². The highest BCUT2D eigenvalue weighted by Gasteiger charge is 2.27. The van der Waals surface area contributed by atoms with Crippen molar-refractivity contribution >= 4 is 19.6 Å². The summed E-state index contributed by atoms with van der Waals surface area (Å²) >= 11 is 0. The second-order valence-electron chi connectivity index (χ2n) is 16.4. The Kier molecular flexibility index (Phi) is 31.0. The van der Waals surface area contributed by atoms with Gasteiger partial charge in [-0.05, 0) is 82.3 Å². The Hall–Kier alpha value is -2.33. The number of nitrogens with zero attached hydrogens (tertiary/aromatic N) is 1. The van der Waals surface area contributed by atoms with E-state index in [1.807, 2.05) is 51.5 Å². The molecular weight excluding hydrogens is 741 g/mol. The molecule has 0 saturated carbocycles. The molecule has 1 unspecified atom stereocenters. The third-order valence-corrected chi connectivity index (χ3v) is 10.8. The minimum atomic E-state index is -4.57. The maximum Gasteiger partial charge on any atom is 0.305 e. The Morgan fingerprint density at radius 3 is 2.09 bits per heavy atom. The zero-order chi connectivity index (χ0) is 42.0. The fourth-order valence-electron chi connectivity index (χ4n) is 6.22. The molecular formula is C46H80NO9P. The Balaban J connectivity index is 2.44. The highest BCUT2D eigenvalue weighted by Crippen LogP contribution is 2.38. The molecule has 57 heavy (non-hydrogen) atoms. The fourth-order valence-corrected chi connectivity index (χ4v) is 6.95. The quantitative estimate of drug-likeness (QED) is 0.0162. The van der Waals surface area contributed by atoms with Crippen LogP contribution in [0.15, 0.2) is 60.9 Å². The lowest BCUT2D eigenvalue weighted by Crippen LogP contribution is -2.37. The Morgan fingerprint density at radius 2 is 1.42 bits per heavy atom. The number of phosphoric acid groups is 1. The summed E-state index contributed by atoms with van der Waals surface area (Å²) in [6, 6.07) is 0. The molecule has 0 aromatic carbocycles. The van der Waals surface area contributed by atoms with E-state index in [2.05, 4.69) is 26.0 Å². The van der Waals surface area contributed by atoms with Crippen molar-refractivity contribution in [3.63, 3.8) is 0 Å². The summed E-state index contributed by atoms with van der Waals surface area (Å²) in [6.07, 6.45) is 39.6. The Labute approximate surface area is 347 Å². The van der Waals surface area contributed by atoms with Crippen molar-refractivity contribution in [1.82, 2.24) is 0 Å². The van der Waals surface area contributed by atoms with Crippen LogP contribution in [0.25, 0.3) is 0 Å². The molecule has 0 fully saturated rings. The SMILES string of the molecule is CCCCCC/C=C\CCCCCCCC/C=C/O[C@H](COC(=O)CCC/C=C\C[C@H]1C=CC(=O)[C@@H]1/C=C/[C@@H](O)CCCCC)COP(=O)([O-])OCC[N+](C)(C)C. The van der Waals surface area contributed by atoms with E-state index in [0.717, 1.165) is 38.5 Å². The fraction of sp³-hybridized carbons (Fsp3) is 0.739. The van der Waals surface area contributed by atoms with E-state index in [-0.39, 0.29) is 43.9 Å². The molecule has 0 aliphatic heterocycles. The minimum Gasteiger partial charge on any atom is -0.756 e. The minimum absolute atomic E-state index is 0.00812. The van der Waals surface area contributed by atoms with Gasteiger partial charge in [-0.2, -0.15) is 0 Å². The summed E-state index contributed by atoms with van der Waals surface area (Å²) in [5.74, 6) is -0.552. The van der Waals surface area contributed by atoms with Crippen molar-refractivity contribution in [3.8, 4) is 0 Å². The molecule has 0 radical (unpaired) electrons. The molecule has 0 aromatic rings. The van der Waals surface area contributed by atoms with Crippen molar-refractivity contribution in [2.24, 2.45) is 11.8 Å². The normalized spacial score (nSPS) is 18.4. The van der Waals surface area contributed by atoms with Crippen molar-refractivity contribution < 1.29 is 47.2 Å². The third kappa shape index (κ3) is 31.3. The van der Waals surface area contributed by atoms with Gasteiger partial charge in [0.25, 0.3) is 7.82 Å². The average molecular weight is 822 g/mol. The van der Waals surface area contributed by atoms with E-state index in [0.29, 0.717) is 36.7 Å². The predicted octanol–water partition coefficient (Wildman–Crippen LogP) is 10.3. The van der Waals surface area contributed by atoms with Crippen molar-refractivity contribution in [2.75, 3.05) is 47.5 Å². The van der Waals surface area contributed by atoms with Crippen LogP contribution in [0.1, 0.15) is 149 Å². The first kappa shape index (κ1) is 52.7. The van der Waals surface area contributed by atoms with E-state index in [1.165, 1.54) is 70.5 Å². The zero-order valence-electron chi connectivity index (χ0n) is 36.4. The van der Waals surface area contributed by atoms with E-state index in [4.69, 9.17) is 18.5 Å². The number of ether oxygens (including phenoxy) is 2. The maximum absolute atomic E-state index is 12.6. The first-order valence-corrected chi connectivity index (χ1v) is 23.6. The van der Waals surface area contributed by atoms with E-state index >= 15 is 0 Å². The van der Waals surface area contributed by atoms with Gasteiger partial charge >= 0.3 is 5.97 Å². The monoisotopic (exact) mass is 822 g/mol. The van der Waals surface area contributed by atoms with Crippen LogP contribution < -0.4 is 4.89 Å². The molecule has 0 bridgehead atoms. The number of ketones is 1. The number of hydrogen-bond donors (Lipinski definition) is 1. The number of hydrogen-bond acceptors (Lipinski definition) is 9. The Morgan fingerprint density at radius 1 is 0.825 bits per heavy atom. The van der Waals surface area contributed by atoms with Crippen LogP contribution in [-0.2, 0) is 32.7 Å². The summed E-state index contributed by atoms with van der Waals surface area (Å²) in [5, 5.41) is 10.2. The molecule has 11 heteroatoms. The topological polar surface area (TPSA) is 131 Å². The number of esters is 1. The molecule has 1 aliphatic rings. The lowest BCUT2D eigenvalue weighted by Gasteiger charge is -2.28. The summed E-state index contributed by atoms with van der Waals surface area (Å²) in [7, 11) is 1.24. The molecule has 1 rings (SSSR count). The maximum atomic E-state index is 12.6. The number of carbonyl (C=O) groups is 2. The first-order chi connectivity index (χ1) is 27.4. The number of rotatable bonds is 37. The molecule has 0 spiro atoms. The van der Waals surface area contributed by atoms with E-state index in [9.17, 15) is 24.2 Å². The molecule has 0 heterocycles. The van der Waals surface area contributed by atoms with Crippen LogP contribution in [-0.4, -0.2) is 81.1 Å². The summed E-state index contributed by atoms with van der Waals surface area (Å²) < 4.78 is 34.3. The van der Waals surface area contributed by atoms with E-state index < -0.39 is 26.0 Å². The lowest BCUT2D eigenvalue weighted by atomic mass is 9.90. The molecule has 0 saturated heterocycles. The molecule has 1 aliphatic carbocycles. The third-order valence-electron chi connectivity index (χ3n) is 9.88. The van der Waals surface area contributed by atoms with Crippen LogP contribution in [0.3, 0.4) is 0 Å². The summed E-state index contributed by atoms with van der Waals surface area (Å²) in [4.78, 5) is 37.3. The van der Waals surface area contributed by atoms with Gasteiger partial charge in [-0.3, -0.25) is 14.2 Å². The highest BCUT2D eigenvalue weighted by atomic mass is 31.2. The summed E-state index contributed by atoms with van der Waals surface area (Å²) in [6.45, 7) is 4.35. The average Bonchev–Trinajstić information content (AvgIpc) is 3.51. The lowest BCUT2D eigenvalue weighted by molar-refractivity contribution is -0.870. The molecule has 10 nitrogen and oxygen atoms in total. The number of aliphatic hydroxyl groups is 1. The summed E-state index contributed by atoms with van der Waals surface area (Å²) in [5.41, 5.74) is 0. The van der Waals surface area contributed by atoms with Gasteiger partial charge in [0.05, 0.1) is 40.1 Å². The number of unbranched alkanes of at least 4 members (excludes halogenated alkanes) is 14. The second kappa shape index (κ2) is 33.5. The van der Waals surface area contributed by atoms with Gasteiger partial charge in [-0.25, -0.2) is 0 Å². The predicted molar refractivity (Wildman–Crippen MR) is 230 cm³/mol. The number of carbonyl (C=O) groups excluding carboxylic acids is 2. The van der Waals surface area contributed by atoms with Crippen molar-refractivity contribution in [2.45, 2.75) is 161 Å². The smallest absolute Gasteiger partial charge is 0.305 e. The van der Waals surface area contributed by atoms with Gasteiger partial charge in [0.2, 0.25) is 0 Å². The number of likely N-dealkylation sites (N-methyl/N-ethyl adjacent to an activating group) is 1.